The Morgan fingerprint density at radius 2 is 2.00 bits per heavy atom. The summed E-state index contributed by atoms with van der Waals surface area (Å²) in [4.78, 5) is 24.6. The van der Waals surface area contributed by atoms with Gasteiger partial charge in [-0.3, -0.25) is 4.79 Å². The maximum absolute atomic E-state index is 11.7. The molecule has 1 unspecified atom stereocenters. The summed E-state index contributed by atoms with van der Waals surface area (Å²) in [6.07, 6.45) is 0. The van der Waals surface area contributed by atoms with E-state index in [1.165, 1.54) is 18.1 Å². The predicted octanol–water partition coefficient (Wildman–Crippen LogP) is 0.944. The van der Waals surface area contributed by atoms with Crippen molar-refractivity contribution in [1.82, 2.24) is 4.90 Å². The number of anilines is 2. The molecule has 6 heteroatoms. The Labute approximate surface area is 112 Å². The van der Waals surface area contributed by atoms with E-state index in [0.29, 0.717) is 16.9 Å². The van der Waals surface area contributed by atoms with Gasteiger partial charge >= 0.3 is 5.97 Å². The van der Waals surface area contributed by atoms with Crippen molar-refractivity contribution in [3.8, 4) is 0 Å². The minimum absolute atomic E-state index is 0.0588. The minimum Gasteiger partial charge on any atom is -0.465 e. The zero-order chi connectivity index (χ0) is 14.6. The zero-order valence-electron chi connectivity index (χ0n) is 11.6. The number of likely N-dealkylation sites (N-methyl/N-ethyl adjacent to an activating group) is 1. The van der Waals surface area contributed by atoms with Crippen LogP contribution in [-0.2, 0) is 9.53 Å². The van der Waals surface area contributed by atoms with Gasteiger partial charge in [0.25, 0.3) is 0 Å². The molecule has 0 aliphatic heterocycles. The first kappa shape index (κ1) is 14.8. The summed E-state index contributed by atoms with van der Waals surface area (Å²) in [6.45, 7) is 1.75. The summed E-state index contributed by atoms with van der Waals surface area (Å²) in [7, 11) is 4.68. The van der Waals surface area contributed by atoms with Crippen LogP contribution < -0.4 is 11.1 Å². The topological polar surface area (TPSA) is 84.7 Å². The fourth-order valence-electron chi connectivity index (χ4n) is 1.62. The number of hydrogen-bond acceptors (Lipinski definition) is 5. The van der Waals surface area contributed by atoms with E-state index in [4.69, 9.17) is 5.73 Å². The summed E-state index contributed by atoms with van der Waals surface area (Å²) in [6, 6.07) is 4.36. The maximum atomic E-state index is 11.7. The number of nitrogens with zero attached hydrogens (tertiary/aromatic N) is 1. The molecule has 0 saturated heterocycles. The van der Waals surface area contributed by atoms with Gasteiger partial charge in [0.1, 0.15) is 6.04 Å². The third-order valence-corrected chi connectivity index (χ3v) is 2.66. The molecule has 104 valence electrons. The summed E-state index contributed by atoms with van der Waals surface area (Å²) in [5, 5.41) is 3.01. The molecule has 3 N–H and O–H groups in total. The van der Waals surface area contributed by atoms with Crippen LogP contribution in [0.25, 0.3) is 0 Å². The number of ether oxygens (including phenoxy) is 1. The second kappa shape index (κ2) is 6.08. The Bertz CT molecular complexity index is 486. The molecule has 0 heterocycles. The molecule has 1 aromatic rings. The maximum Gasteiger partial charge on any atom is 0.337 e. The number of nitrogen functional groups attached to an aromatic ring is 1. The Morgan fingerprint density at radius 1 is 1.37 bits per heavy atom. The second-order valence-electron chi connectivity index (χ2n) is 4.39. The zero-order valence-corrected chi connectivity index (χ0v) is 11.6. The molecule has 0 fully saturated rings. The van der Waals surface area contributed by atoms with Gasteiger partial charge in [0, 0.05) is 14.1 Å². The van der Waals surface area contributed by atoms with Crippen molar-refractivity contribution in [3.05, 3.63) is 23.8 Å². The van der Waals surface area contributed by atoms with Gasteiger partial charge in [0.2, 0.25) is 5.91 Å². The first-order valence-electron chi connectivity index (χ1n) is 5.82. The molecule has 0 saturated carbocycles. The number of methoxy groups -OCH3 is 1. The lowest BCUT2D eigenvalue weighted by Gasteiger charge is -2.20. The molecule has 0 radical (unpaired) electrons. The van der Waals surface area contributed by atoms with E-state index in [0.717, 1.165) is 0 Å². The van der Waals surface area contributed by atoms with E-state index in [-0.39, 0.29) is 5.91 Å². The van der Waals surface area contributed by atoms with E-state index >= 15 is 0 Å². The van der Waals surface area contributed by atoms with Crippen LogP contribution >= 0.6 is 0 Å². The molecular formula is C13H19N3O3. The van der Waals surface area contributed by atoms with Crippen LogP contribution in [0.15, 0.2) is 18.2 Å². The van der Waals surface area contributed by atoms with Gasteiger partial charge in [0.05, 0.1) is 24.0 Å². The number of nitrogens with one attached hydrogen (secondary N) is 1. The normalized spacial score (nSPS) is 11.6. The predicted molar refractivity (Wildman–Crippen MR) is 74.0 cm³/mol. The highest BCUT2D eigenvalue weighted by Gasteiger charge is 2.16. The third-order valence-electron chi connectivity index (χ3n) is 2.66. The number of esters is 1. The number of carbonyl (C=O) groups excluding carboxylic acids is 2. The van der Waals surface area contributed by atoms with E-state index in [9.17, 15) is 9.59 Å². The van der Waals surface area contributed by atoms with Crippen molar-refractivity contribution in [1.29, 1.82) is 0 Å². The number of benzene rings is 1. The van der Waals surface area contributed by atoms with Gasteiger partial charge in [0.15, 0.2) is 0 Å². The smallest absolute Gasteiger partial charge is 0.337 e. The number of rotatable bonds is 4. The van der Waals surface area contributed by atoms with Crippen LogP contribution in [0.4, 0.5) is 11.4 Å². The van der Waals surface area contributed by atoms with E-state index in [2.05, 4.69) is 10.1 Å². The van der Waals surface area contributed by atoms with E-state index in [1.807, 2.05) is 0 Å². The molecule has 1 rings (SSSR count). The number of amides is 1. The van der Waals surface area contributed by atoms with Crippen molar-refractivity contribution in [2.45, 2.75) is 13.0 Å². The third kappa shape index (κ3) is 3.61. The first-order valence-corrected chi connectivity index (χ1v) is 5.82. The van der Waals surface area contributed by atoms with Crippen LogP contribution in [0.3, 0.4) is 0 Å². The summed E-state index contributed by atoms with van der Waals surface area (Å²) in [5.74, 6) is -0.507. The van der Waals surface area contributed by atoms with Crippen molar-refractivity contribution >= 4 is 23.3 Å². The molecule has 0 spiro atoms. The Morgan fingerprint density at radius 3 is 2.47 bits per heavy atom. The van der Waals surface area contributed by atoms with Crippen molar-refractivity contribution in [3.63, 3.8) is 0 Å². The highest BCUT2D eigenvalue weighted by molar-refractivity contribution is 5.92. The molecule has 0 bridgehead atoms. The SMILES string of the molecule is COC(=O)c1ccc(NC(C)C(=O)N(C)C)c(N)c1. The molecule has 1 amide bonds. The van der Waals surface area contributed by atoms with E-state index < -0.39 is 12.0 Å². The lowest BCUT2D eigenvalue weighted by Crippen LogP contribution is -2.36. The minimum atomic E-state index is -0.448. The van der Waals surface area contributed by atoms with Gasteiger partial charge in [-0.25, -0.2) is 4.79 Å². The molecule has 0 aliphatic rings. The Hall–Kier alpha value is -2.24. The fraction of sp³-hybridized carbons (Fsp3) is 0.385. The van der Waals surface area contributed by atoms with Gasteiger partial charge in [-0.05, 0) is 25.1 Å². The van der Waals surface area contributed by atoms with E-state index in [1.54, 1.807) is 33.2 Å². The average molecular weight is 265 g/mol. The van der Waals surface area contributed by atoms with Crippen LogP contribution in [0.1, 0.15) is 17.3 Å². The van der Waals surface area contributed by atoms with Crippen LogP contribution in [-0.4, -0.2) is 44.0 Å². The molecular weight excluding hydrogens is 246 g/mol. The molecule has 0 aliphatic carbocycles. The van der Waals surface area contributed by atoms with Crippen LogP contribution in [0.2, 0.25) is 0 Å². The van der Waals surface area contributed by atoms with Gasteiger partial charge < -0.3 is 20.7 Å². The summed E-state index contributed by atoms with van der Waals surface area (Å²) in [5.41, 5.74) is 7.21. The first-order chi connectivity index (χ1) is 8.86. The highest BCUT2D eigenvalue weighted by atomic mass is 16.5. The average Bonchev–Trinajstić information content (AvgIpc) is 2.38. The quantitative estimate of drug-likeness (QED) is 0.625. The Balaban J connectivity index is 2.86. The Kier molecular flexibility index (Phi) is 4.74. The van der Waals surface area contributed by atoms with Gasteiger partial charge in [-0.2, -0.15) is 0 Å². The second-order valence-corrected chi connectivity index (χ2v) is 4.39. The monoisotopic (exact) mass is 265 g/mol. The van der Waals surface area contributed by atoms with Crippen molar-refractivity contribution in [2.75, 3.05) is 32.3 Å². The summed E-state index contributed by atoms with van der Waals surface area (Å²) < 4.78 is 4.61. The standard InChI is InChI=1S/C13H19N3O3/c1-8(12(17)16(2)3)15-11-6-5-9(7-10(11)14)13(18)19-4/h5-8,15H,14H2,1-4H3. The van der Waals surface area contributed by atoms with Crippen molar-refractivity contribution < 1.29 is 14.3 Å². The lowest BCUT2D eigenvalue weighted by molar-refractivity contribution is -0.129. The molecule has 19 heavy (non-hydrogen) atoms. The van der Waals surface area contributed by atoms with Crippen LogP contribution in [0.5, 0.6) is 0 Å². The molecule has 1 atom stereocenters. The molecule has 1 aromatic carbocycles. The lowest BCUT2D eigenvalue weighted by atomic mass is 10.1. The van der Waals surface area contributed by atoms with Gasteiger partial charge in [-0.1, -0.05) is 0 Å². The van der Waals surface area contributed by atoms with Crippen LogP contribution in [0, 0.1) is 0 Å². The highest BCUT2D eigenvalue weighted by Crippen LogP contribution is 2.21. The number of carbonyl (C=O) groups is 2. The van der Waals surface area contributed by atoms with Crippen molar-refractivity contribution in [2.24, 2.45) is 0 Å². The summed E-state index contributed by atoms with van der Waals surface area (Å²) >= 11 is 0. The fourth-order valence-corrected chi connectivity index (χ4v) is 1.62. The molecule has 0 aromatic heterocycles. The van der Waals surface area contributed by atoms with Gasteiger partial charge in [-0.15, -0.1) is 0 Å². The number of hydrogen-bond donors (Lipinski definition) is 2. The number of nitrogens with two attached hydrogens (primary N) is 1. The largest absolute Gasteiger partial charge is 0.465 e. The molecule has 6 nitrogen and oxygen atoms in total.